The topological polar surface area (TPSA) is 66.5 Å². The maximum atomic E-state index is 12.7. The third kappa shape index (κ3) is 4.71. The minimum atomic E-state index is -3.26. The van der Waals surface area contributed by atoms with E-state index in [1.807, 2.05) is 48.5 Å². The van der Waals surface area contributed by atoms with Crippen LogP contribution < -0.4 is 4.72 Å². The molecule has 3 rings (SSSR count). The number of fused-ring (bicyclic) bond motifs is 1. The second-order valence-electron chi connectivity index (χ2n) is 6.70. The van der Waals surface area contributed by atoms with E-state index in [-0.39, 0.29) is 18.5 Å². The molecule has 0 aliphatic carbocycles. The number of hydrogen-bond donors (Lipinski definition) is 1. The number of sulfonamides is 1. The fourth-order valence-electron chi connectivity index (χ4n) is 3.40. The van der Waals surface area contributed by atoms with Gasteiger partial charge >= 0.3 is 0 Å². The summed E-state index contributed by atoms with van der Waals surface area (Å²) < 4.78 is 25.2. The first kappa shape index (κ1) is 18.6. The fourth-order valence-corrected chi connectivity index (χ4v) is 3.90. The lowest BCUT2D eigenvalue weighted by molar-refractivity contribution is -0.129. The molecular weight excluding hydrogens is 348 g/mol. The SMILES string of the molecule is CS(=O)(=O)NCC1CCCCN1C(=O)/C=C/c1cccc2ccccc12. The van der Waals surface area contributed by atoms with Crippen LogP contribution in [0.4, 0.5) is 0 Å². The zero-order chi connectivity index (χ0) is 18.6. The Bertz CT molecular complexity index is 916. The van der Waals surface area contributed by atoms with Crippen molar-refractivity contribution in [2.75, 3.05) is 19.3 Å². The average Bonchev–Trinajstić information content (AvgIpc) is 2.64. The maximum absolute atomic E-state index is 12.7. The van der Waals surface area contributed by atoms with Gasteiger partial charge in [0, 0.05) is 25.2 Å². The largest absolute Gasteiger partial charge is 0.335 e. The molecule has 1 fully saturated rings. The van der Waals surface area contributed by atoms with Crippen LogP contribution in [0.3, 0.4) is 0 Å². The smallest absolute Gasteiger partial charge is 0.246 e. The van der Waals surface area contributed by atoms with Crippen molar-refractivity contribution in [3.05, 3.63) is 54.1 Å². The third-order valence-electron chi connectivity index (χ3n) is 4.72. The molecule has 6 heteroatoms. The standard InChI is InChI=1S/C20H24N2O3S/c1-26(24,25)21-15-18-10-4-5-14-22(18)20(23)13-12-17-9-6-8-16-7-2-3-11-19(16)17/h2-3,6-9,11-13,18,21H,4-5,10,14-15H2,1H3/b13-12+. The van der Waals surface area contributed by atoms with Gasteiger partial charge in [-0.1, -0.05) is 42.5 Å². The molecule has 1 unspecified atom stereocenters. The van der Waals surface area contributed by atoms with Gasteiger partial charge in [0.05, 0.1) is 6.26 Å². The molecule has 1 N–H and O–H groups in total. The Labute approximate surface area is 154 Å². The number of nitrogens with zero attached hydrogens (tertiary/aromatic N) is 1. The van der Waals surface area contributed by atoms with E-state index in [0.717, 1.165) is 41.9 Å². The monoisotopic (exact) mass is 372 g/mol. The Kier molecular flexibility index (Phi) is 5.74. The van der Waals surface area contributed by atoms with E-state index < -0.39 is 10.0 Å². The lowest BCUT2D eigenvalue weighted by atomic mass is 10.0. The Morgan fingerprint density at radius 1 is 1.19 bits per heavy atom. The van der Waals surface area contributed by atoms with E-state index in [0.29, 0.717) is 6.54 Å². The quantitative estimate of drug-likeness (QED) is 0.821. The fraction of sp³-hybridized carbons (Fsp3) is 0.350. The molecule has 0 spiro atoms. The van der Waals surface area contributed by atoms with Crippen molar-refractivity contribution in [2.24, 2.45) is 0 Å². The van der Waals surface area contributed by atoms with Crippen molar-refractivity contribution in [1.29, 1.82) is 0 Å². The average molecular weight is 372 g/mol. The van der Waals surface area contributed by atoms with Crippen molar-refractivity contribution in [1.82, 2.24) is 9.62 Å². The van der Waals surface area contributed by atoms with Crippen LogP contribution in [0.5, 0.6) is 0 Å². The maximum Gasteiger partial charge on any atom is 0.246 e. The molecule has 1 heterocycles. The van der Waals surface area contributed by atoms with E-state index in [9.17, 15) is 13.2 Å². The summed E-state index contributed by atoms with van der Waals surface area (Å²) >= 11 is 0. The zero-order valence-electron chi connectivity index (χ0n) is 14.9. The molecular formula is C20H24N2O3S. The van der Waals surface area contributed by atoms with Crippen molar-refractivity contribution in [3.8, 4) is 0 Å². The Hall–Kier alpha value is -2.18. The number of piperidine rings is 1. The van der Waals surface area contributed by atoms with E-state index in [1.54, 1.807) is 11.0 Å². The highest BCUT2D eigenvalue weighted by molar-refractivity contribution is 7.88. The van der Waals surface area contributed by atoms with Crippen molar-refractivity contribution >= 4 is 32.8 Å². The summed E-state index contributed by atoms with van der Waals surface area (Å²) in [5.74, 6) is -0.0714. The minimum absolute atomic E-state index is 0.0714. The summed E-state index contributed by atoms with van der Waals surface area (Å²) in [5, 5.41) is 2.24. The van der Waals surface area contributed by atoms with Crippen LogP contribution in [0.2, 0.25) is 0 Å². The van der Waals surface area contributed by atoms with Gasteiger partial charge in [0.1, 0.15) is 0 Å². The number of carbonyl (C=O) groups excluding carboxylic acids is 1. The Morgan fingerprint density at radius 2 is 1.96 bits per heavy atom. The van der Waals surface area contributed by atoms with Gasteiger partial charge < -0.3 is 4.90 Å². The Balaban J connectivity index is 1.75. The molecule has 1 atom stereocenters. The molecule has 1 saturated heterocycles. The zero-order valence-corrected chi connectivity index (χ0v) is 15.7. The molecule has 2 aromatic carbocycles. The van der Waals surface area contributed by atoms with Gasteiger partial charge in [-0.2, -0.15) is 0 Å². The second kappa shape index (κ2) is 8.01. The third-order valence-corrected chi connectivity index (χ3v) is 5.41. The van der Waals surface area contributed by atoms with Crippen LogP contribution in [-0.2, 0) is 14.8 Å². The van der Waals surface area contributed by atoms with Gasteiger partial charge in [0.25, 0.3) is 0 Å². The number of hydrogen-bond acceptors (Lipinski definition) is 3. The first-order valence-corrected chi connectivity index (χ1v) is 10.7. The number of rotatable bonds is 5. The van der Waals surface area contributed by atoms with E-state index in [1.165, 1.54) is 0 Å². The first-order chi connectivity index (χ1) is 12.4. The predicted molar refractivity (Wildman–Crippen MR) is 105 cm³/mol. The van der Waals surface area contributed by atoms with Crippen LogP contribution >= 0.6 is 0 Å². The van der Waals surface area contributed by atoms with Crippen LogP contribution in [-0.4, -0.2) is 44.6 Å². The summed E-state index contributed by atoms with van der Waals surface area (Å²) in [4.78, 5) is 14.5. The molecule has 138 valence electrons. The number of nitrogens with one attached hydrogen (secondary N) is 1. The number of likely N-dealkylation sites (tertiary alicyclic amines) is 1. The summed E-state index contributed by atoms with van der Waals surface area (Å²) in [7, 11) is -3.26. The lowest BCUT2D eigenvalue weighted by Gasteiger charge is -2.35. The van der Waals surface area contributed by atoms with E-state index >= 15 is 0 Å². The Morgan fingerprint density at radius 3 is 2.77 bits per heavy atom. The van der Waals surface area contributed by atoms with Crippen molar-refractivity contribution < 1.29 is 13.2 Å². The van der Waals surface area contributed by atoms with Gasteiger partial charge in [-0.25, -0.2) is 13.1 Å². The van der Waals surface area contributed by atoms with Crippen molar-refractivity contribution in [3.63, 3.8) is 0 Å². The van der Waals surface area contributed by atoms with Crippen LogP contribution in [0.25, 0.3) is 16.8 Å². The molecule has 0 bridgehead atoms. The van der Waals surface area contributed by atoms with Crippen LogP contribution in [0, 0.1) is 0 Å². The van der Waals surface area contributed by atoms with Gasteiger partial charge in [-0.15, -0.1) is 0 Å². The highest BCUT2D eigenvalue weighted by atomic mass is 32.2. The molecule has 26 heavy (non-hydrogen) atoms. The summed E-state index contributed by atoms with van der Waals surface area (Å²) in [6.07, 6.45) is 7.36. The number of amides is 1. The molecule has 0 aromatic heterocycles. The molecule has 5 nitrogen and oxygen atoms in total. The summed E-state index contributed by atoms with van der Waals surface area (Å²) in [6.45, 7) is 0.932. The lowest BCUT2D eigenvalue weighted by Crippen LogP contribution is -2.48. The van der Waals surface area contributed by atoms with Crippen LogP contribution in [0.1, 0.15) is 24.8 Å². The second-order valence-corrected chi connectivity index (χ2v) is 8.54. The molecule has 1 amide bonds. The molecule has 2 aromatic rings. The summed E-state index contributed by atoms with van der Waals surface area (Å²) in [6, 6.07) is 14.0. The highest BCUT2D eigenvalue weighted by Gasteiger charge is 2.25. The summed E-state index contributed by atoms with van der Waals surface area (Å²) in [5.41, 5.74) is 0.999. The van der Waals surface area contributed by atoms with E-state index in [2.05, 4.69) is 4.72 Å². The van der Waals surface area contributed by atoms with Crippen LogP contribution in [0.15, 0.2) is 48.5 Å². The number of benzene rings is 2. The van der Waals surface area contributed by atoms with E-state index in [4.69, 9.17) is 0 Å². The minimum Gasteiger partial charge on any atom is -0.335 e. The van der Waals surface area contributed by atoms with Crippen molar-refractivity contribution in [2.45, 2.75) is 25.3 Å². The molecule has 1 aliphatic rings. The normalized spacial score (nSPS) is 18.5. The van der Waals surface area contributed by atoms with Gasteiger partial charge in [-0.05, 0) is 41.7 Å². The van der Waals surface area contributed by atoms with Gasteiger partial charge in [0.15, 0.2) is 0 Å². The molecule has 1 aliphatic heterocycles. The van der Waals surface area contributed by atoms with Gasteiger partial charge in [0.2, 0.25) is 15.9 Å². The first-order valence-electron chi connectivity index (χ1n) is 8.85. The number of carbonyl (C=O) groups is 1. The molecule has 0 radical (unpaired) electrons. The van der Waals surface area contributed by atoms with Gasteiger partial charge in [-0.3, -0.25) is 4.79 Å². The molecule has 0 saturated carbocycles. The highest BCUT2D eigenvalue weighted by Crippen LogP contribution is 2.21. The predicted octanol–water partition coefficient (Wildman–Crippen LogP) is 2.78.